The Labute approximate surface area is 160 Å². The van der Waals surface area contributed by atoms with E-state index in [9.17, 15) is 17.2 Å². The van der Waals surface area contributed by atoms with Gasteiger partial charge in [0.25, 0.3) is 0 Å². The van der Waals surface area contributed by atoms with Crippen LogP contribution in [0.15, 0.2) is 65.7 Å². The Kier molecular flexibility index (Phi) is 4.53. The van der Waals surface area contributed by atoms with E-state index < -0.39 is 27.7 Å². The molecule has 0 aliphatic carbocycles. The molecule has 0 radical (unpaired) electrons. The van der Waals surface area contributed by atoms with E-state index in [1.165, 1.54) is 22.5 Å². The van der Waals surface area contributed by atoms with E-state index in [1.807, 2.05) is 10.8 Å². The lowest BCUT2D eigenvalue weighted by Gasteiger charge is -2.36. The van der Waals surface area contributed by atoms with Crippen LogP contribution in [0.1, 0.15) is 17.3 Å². The van der Waals surface area contributed by atoms with Gasteiger partial charge in [-0.25, -0.2) is 17.2 Å². The van der Waals surface area contributed by atoms with E-state index in [0.717, 1.165) is 12.1 Å². The SMILES string of the molecule is O=S(=O)(c1ccccc1Cl)N1CCn2cccc2[C@H]1c1ccc(F)c(F)c1. The second kappa shape index (κ2) is 6.74. The van der Waals surface area contributed by atoms with E-state index in [-0.39, 0.29) is 16.5 Å². The van der Waals surface area contributed by atoms with Gasteiger partial charge in [0.2, 0.25) is 10.0 Å². The molecule has 1 atom stereocenters. The van der Waals surface area contributed by atoms with Gasteiger partial charge in [-0.3, -0.25) is 0 Å². The van der Waals surface area contributed by atoms with Gasteiger partial charge in [-0.1, -0.05) is 29.8 Å². The lowest BCUT2D eigenvalue weighted by Crippen LogP contribution is -2.42. The highest BCUT2D eigenvalue weighted by atomic mass is 35.5. The number of hydrogen-bond acceptors (Lipinski definition) is 2. The number of nitrogens with zero attached hydrogens (tertiary/aromatic N) is 2. The molecule has 8 heteroatoms. The van der Waals surface area contributed by atoms with Crippen molar-refractivity contribution in [1.29, 1.82) is 0 Å². The number of rotatable bonds is 3. The van der Waals surface area contributed by atoms with E-state index in [0.29, 0.717) is 17.8 Å². The van der Waals surface area contributed by atoms with Crippen molar-refractivity contribution in [3.8, 4) is 0 Å². The summed E-state index contributed by atoms with van der Waals surface area (Å²) in [6, 6.07) is 12.4. The minimum atomic E-state index is -3.96. The minimum Gasteiger partial charge on any atom is -0.348 e. The van der Waals surface area contributed by atoms with Crippen LogP contribution >= 0.6 is 11.6 Å². The van der Waals surface area contributed by atoms with E-state index in [1.54, 1.807) is 24.3 Å². The van der Waals surface area contributed by atoms with E-state index >= 15 is 0 Å². The van der Waals surface area contributed by atoms with Crippen LogP contribution in [-0.4, -0.2) is 23.8 Å². The number of hydrogen-bond donors (Lipinski definition) is 0. The molecule has 4 rings (SSSR count). The van der Waals surface area contributed by atoms with Crippen molar-refractivity contribution >= 4 is 21.6 Å². The van der Waals surface area contributed by atoms with Crippen molar-refractivity contribution in [1.82, 2.24) is 8.87 Å². The summed E-state index contributed by atoms with van der Waals surface area (Å²) in [5.74, 6) is -2.00. The average molecular weight is 409 g/mol. The van der Waals surface area contributed by atoms with Crippen LogP contribution in [0.2, 0.25) is 5.02 Å². The second-order valence-corrected chi connectivity index (χ2v) is 8.51. The molecule has 4 nitrogen and oxygen atoms in total. The zero-order chi connectivity index (χ0) is 19.2. The Morgan fingerprint density at radius 3 is 2.48 bits per heavy atom. The lowest BCUT2D eigenvalue weighted by atomic mass is 10.0. The molecule has 0 saturated carbocycles. The minimum absolute atomic E-state index is 0.0146. The third kappa shape index (κ3) is 3.05. The van der Waals surface area contributed by atoms with Gasteiger partial charge in [0.15, 0.2) is 11.6 Å². The third-order valence-electron chi connectivity index (χ3n) is 4.68. The van der Waals surface area contributed by atoms with Gasteiger partial charge in [0.05, 0.1) is 11.1 Å². The maximum absolute atomic E-state index is 13.9. The molecule has 2 heterocycles. The Hall–Kier alpha value is -2.22. The molecule has 3 aromatic rings. The van der Waals surface area contributed by atoms with Crippen LogP contribution in [0, 0.1) is 11.6 Å². The highest BCUT2D eigenvalue weighted by Crippen LogP contribution is 2.38. The molecule has 0 unspecified atom stereocenters. The first-order valence-corrected chi connectivity index (χ1v) is 10.1. The predicted octanol–water partition coefficient (Wildman–Crippen LogP) is 4.21. The number of aromatic nitrogens is 1. The van der Waals surface area contributed by atoms with Gasteiger partial charge < -0.3 is 4.57 Å². The Balaban J connectivity index is 1.89. The topological polar surface area (TPSA) is 42.3 Å². The summed E-state index contributed by atoms with van der Waals surface area (Å²) >= 11 is 6.13. The second-order valence-electron chi connectivity index (χ2n) is 6.25. The summed E-state index contributed by atoms with van der Waals surface area (Å²) in [6.45, 7) is 0.630. The molecule has 0 spiro atoms. The first kappa shape index (κ1) is 18.2. The quantitative estimate of drug-likeness (QED) is 0.651. The van der Waals surface area contributed by atoms with Crippen molar-refractivity contribution in [2.24, 2.45) is 0 Å². The summed E-state index contributed by atoms with van der Waals surface area (Å²) in [6.07, 6.45) is 1.83. The molecule has 0 bridgehead atoms. The van der Waals surface area contributed by atoms with E-state index in [4.69, 9.17) is 11.6 Å². The van der Waals surface area contributed by atoms with Gasteiger partial charge in [-0.05, 0) is 42.0 Å². The molecule has 1 aliphatic heterocycles. The molecule has 140 valence electrons. The molecule has 2 aromatic carbocycles. The van der Waals surface area contributed by atoms with Crippen molar-refractivity contribution in [3.63, 3.8) is 0 Å². The van der Waals surface area contributed by atoms with Crippen LogP contribution in [0.25, 0.3) is 0 Å². The fourth-order valence-corrected chi connectivity index (χ4v) is 5.50. The van der Waals surface area contributed by atoms with Crippen molar-refractivity contribution < 1.29 is 17.2 Å². The summed E-state index contributed by atoms with van der Waals surface area (Å²) in [7, 11) is -3.96. The Morgan fingerprint density at radius 2 is 1.74 bits per heavy atom. The summed E-state index contributed by atoms with van der Waals surface area (Å²) in [5.41, 5.74) is 1.03. The zero-order valence-electron chi connectivity index (χ0n) is 14.0. The number of fused-ring (bicyclic) bond motifs is 1. The largest absolute Gasteiger partial charge is 0.348 e. The van der Waals surface area contributed by atoms with Gasteiger partial charge in [0, 0.05) is 25.0 Å². The summed E-state index contributed by atoms with van der Waals surface area (Å²) in [5, 5.41) is 0.113. The standard InChI is InChI=1S/C19H15ClF2N2O2S/c20-14-4-1-2-6-18(14)27(25,26)24-11-10-23-9-3-5-17(23)19(24)13-7-8-15(21)16(22)12-13/h1-9,12,19H,10-11H2/t19-/m1/s1. The van der Waals surface area contributed by atoms with Crippen molar-refractivity contribution in [3.05, 3.63) is 88.7 Å². The Bertz CT molecular complexity index is 1110. The number of halogens is 3. The van der Waals surface area contributed by atoms with Crippen LogP contribution in [0.4, 0.5) is 8.78 Å². The molecular weight excluding hydrogens is 394 g/mol. The third-order valence-corrected chi connectivity index (χ3v) is 7.04. The van der Waals surface area contributed by atoms with Gasteiger partial charge in [-0.15, -0.1) is 0 Å². The van der Waals surface area contributed by atoms with E-state index in [2.05, 4.69) is 0 Å². The zero-order valence-corrected chi connectivity index (χ0v) is 15.6. The average Bonchev–Trinajstić information content (AvgIpc) is 3.12. The first-order chi connectivity index (χ1) is 12.9. The lowest BCUT2D eigenvalue weighted by molar-refractivity contribution is 0.297. The van der Waals surface area contributed by atoms with Gasteiger partial charge in [-0.2, -0.15) is 4.31 Å². The fraction of sp³-hybridized carbons (Fsp3) is 0.158. The molecule has 1 aliphatic rings. The molecule has 0 saturated heterocycles. The fourth-order valence-electron chi connectivity index (χ4n) is 3.42. The van der Waals surface area contributed by atoms with Crippen molar-refractivity contribution in [2.45, 2.75) is 17.5 Å². The Morgan fingerprint density at radius 1 is 0.963 bits per heavy atom. The summed E-state index contributed by atoms with van der Waals surface area (Å²) < 4.78 is 57.2. The van der Waals surface area contributed by atoms with Crippen LogP contribution in [0.5, 0.6) is 0 Å². The van der Waals surface area contributed by atoms with Crippen LogP contribution in [-0.2, 0) is 16.6 Å². The van der Waals surface area contributed by atoms with Gasteiger partial charge in [0.1, 0.15) is 4.90 Å². The normalized spacial score (nSPS) is 17.7. The number of sulfonamides is 1. The predicted molar refractivity (Wildman–Crippen MR) is 98.0 cm³/mol. The highest BCUT2D eigenvalue weighted by Gasteiger charge is 2.38. The van der Waals surface area contributed by atoms with Crippen molar-refractivity contribution in [2.75, 3.05) is 6.54 Å². The summed E-state index contributed by atoms with van der Waals surface area (Å²) in [4.78, 5) is -0.0146. The molecule has 1 aromatic heterocycles. The monoisotopic (exact) mass is 408 g/mol. The maximum Gasteiger partial charge on any atom is 0.245 e. The van der Waals surface area contributed by atoms with Crippen LogP contribution in [0.3, 0.4) is 0 Å². The smallest absolute Gasteiger partial charge is 0.245 e. The molecule has 0 amide bonds. The first-order valence-electron chi connectivity index (χ1n) is 8.26. The molecule has 27 heavy (non-hydrogen) atoms. The molecular formula is C19H15ClF2N2O2S. The maximum atomic E-state index is 13.9. The molecule has 0 N–H and O–H groups in total. The van der Waals surface area contributed by atoms with Crippen LogP contribution < -0.4 is 0 Å². The molecule has 0 fully saturated rings. The van der Waals surface area contributed by atoms with Gasteiger partial charge >= 0.3 is 0 Å². The highest BCUT2D eigenvalue weighted by molar-refractivity contribution is 7.89. The number of benzene rings is 2.